The lowest BCUT2D eigenvalue weighted by Gasteiger charge is -2.24. The molecule has 0 fully saturated rings. The lowest BCUT2D eigenvalue weighted by molar-refractivity contribution is -0.131. The first-order valence-electron chi connectivity index (χ1n) is 36.6. The Balaban J connectivity index is 6.39. The molecule has 0 aromatic carbocycles. The van der Waals surface area contributed by atoms with Gasteiger partial charge in [-0.1, -0.05) is 0 Å². The first kappa shape index (κ1) is 102. The number of rotatable bonds is 94. The van der Waals surface area contributed by atoms with Crippen LogP contribution in [0.1, 0.15) is 0 Å². The maximum atomic E-state index is 6.38. The van der Waals surface area contributed by atoms with Gasteiger partial charge in [-0.05, 0) is 0 Å². The van der Waals surface area contributed by atoms with Crippen molar-refractivity contribution >= 4 is 0 Å². The van der Waals surface area contributed by atoms with Gasteiger partial charge >= 0.3 is 0 Å². The molecule has 6 atom stereocenters. The van der Waals surface area contributed by atoms with Gasteiger partial charge in [-0.15, -0.1) is 0 Å². The van der Waals surface area contributed by atoms with Crippen LogP contribution in [0, 0.1) is 0 Å². The van der Waals surface area contributed by atoms with Crippen LogP contribution < -0.4 is 45.9 Å². The second kappa shape index (κ2) is 89.4. The Morgan fingerprint density at radius 1 is 0.107 bits per heavy atom. The second-order valence-corrected chi connectivity index (χ2v) is 21.9. The number of nitrogens with two attached hydrogens (primary N) is 8. The summed E-state index contributed by atoms with van der Waals surface area (Å²) in [4.78, 5) is 0. The van der Waals surface area contributed by atoms with E-state index in [4.69, 9.17) is 183 Å². The van der Waals surface area contributed by atoms with Crippen molar-refractivity contribution < 1.29 is 137 Å². The molecule has 0 amide bonds. The Morgan fingerprint density at radius 3 is 0.330 bits per heavy atom. The van der Waals surface area contributed by atoms with E-state index in [1.165, 1.54) is 0 Å². The summed E-state index contributed by atoms with van der Waals surface area (Å²) in [5, 5.41) is 0. The van der Waals surface area contributed by atoms with Gasteiger partial charge in [0, 0.05) is 52.4 Å². The lowest BCUT2D eigenvalue weighted by Crippen LogP contribution is -2.36. The van der Waals surface area contributed by atoms with Gasteiger partial charge < -0.3 is 183 Å². The predicted molar refractivity (Wildman–Crippen MR) is 380 cm³/mol. The smallest absolute Gasteiger partial charge is 0.104 e. The number of hydrogen-bond acceptors (Lipinski definition) is 37. The molecule has 0 aliphatic rings. The van der Waals surface area contributed by atoms with E-state index in [2.05, 4.69) is 0 Å². The van der Waals surface area contributed by atoms with E-state index >= 15 is 0 Å². The van der Waals surface area contributed by atoms with E-state index < -0.39 is 36.6 Å². The Kier molecular flexibility index (Phi) is 88.1. The van der Waals surface area contributed by atoms with Gasteiger partial charge in [-0.25, -0.2) is 0 Å². The highest BCUT2D eigenvalue weighted by atomic mass is 16.6. The van der Waals surface area contributed by atoms with E-state index in [0.29, 0.717) is 264 Å². The normalized spacial score (nSPS) is 13.7. The van der Waals surface area contributed by atoms with E-state index in [1.807, 2.05) is 0 Å². The quantitative estimate of drug-likeness (QED) is 0.0265. The summed E-state index contributed by atoms with van der Waals surface area (Å²) in [6.45, 7) is 19.9. The zero-order chi connectivity index (χ0) is 74.4. The van der Waals surface area contributed by atoms with E-state index in [1.54, 1.807) is 0 Å². The zero-order valence-electron chi connectivity index (χ0n) is 62.3. The van der Waals surface area contributed by atoms with Gasteiger partial charge in [0.05, 0.1) is 344 Å². The molecule has 37 heteroatoms. The van der Waals surface area contributed by atoms with E-state index in [0.717, 1.165) is 0 Å². The highest BCUT2D eigenvalue weighted by molar-refractivity contribution is 4.66. The molecule has 620 valence electrons. The number of ether oxygens (including phenoxy) is 29. The van der Waals surface area contributed by atoms with Crippen LogP contribution in [0.5, 0.6) is 0 Å². The van der Waals surface area contributed by atoms with Crippen molar-refractivity contribution in [1.82, 2.24) is 0 Å². The van der Waals surface area contributed by atoms with Gasteiger partial charge in [0.15, 0.2) is 0 Å². The summed E-state index contributed by atoms with van der Waals surface area (Å²) >= 11 is 0. The van der Waals surface area contributed by atoms with Gasteiger partial charge in [-0.3, -0.25) is 0 Å². The minimum atomic E-state index is -0.572. The fourth-order valence-corrected chi connectivity index (χ4v) is 8.07. The van der Waals surface area contributed by atoms with E-state index in [-0.39, 0.29) is 132 Å². The van der Waals surface area contributed by atoms with Crippen molar-refractivity contribution in [2.45, 2.75) is 36.6 Å². The van der Waals surface area contributed by atoms with Crippen LogP contribution in [-0.2, 0) is 137 Å². The molecule has 103 heavy (non-hydrogen) atoms. The largest absolute Gasteiger partial charge is 0.378 e. The standard InChI is InChI=1S/C66H142N8O29/c67-1-9-75-17-25-83-33-35-91-49-61(98-43-37-85-27-19-77-11-3-69)51-93-53-63(100-45-39-87-29-21-79-13-5-71)55-95-57-65(102-47-41-89-31-23-81-15-7-73)59-97-60-66(103-48-42-90-32-24-82-16-8-74)58-96-56-64(101-46-40-88-30-22-80-14-6-72)54-94-52-62(99-44-38-86-28-20-78-12-4-70)50-92-36-34-84-26-18-76-10-2-68/h61-66H,1-60,67-74H2. The highest BCUT2D eigenvalue weighted by Gasteiger charge is 2.21. The van der Waals surface area contributed by atoms with Crippen molar-refractivity contribution in [3.63, 3.8) is 0 Å². The summed E-state index contributed by atoms with van der Waals surface area (Å²) in [6, 6.07) is 0. The molecule has 0 aromatic heterocycles. The molecule has 0 saturated carbocycles. The van der Waals surface area contributed by atoms with Crippen LogP contribution in [0.3, 0.4) is 0 Å². The maximum absolute atomic E-state index is 6.38. The summed E-state index contributed by atoms with van der Waals surface area (Å²) in [5.41, 5.74) is 44.4. The Labute approximate surface area is 613 Å². The summed E-state index contributed by atoms with van der Waals surface area (Å²) in [7, 11) is 0. The fourth-order valence-electron chi connectivity index (χ4n) is 8.07. The second-order valence-electron chi connectivity index (χ2n) is 21.9. The summed E-state index contributed by atoms with van der Waals surface area (Å²) in [6.07, 6.45) is -3.13. The molecule has 0 heterocycles. The molecule has 0 aliphatic heterocycles. The van der Waals surface area contributed by atoms with Crippen LogP contribution in [0.15, 0.2) is 0 Å². The van der Waals surface area contributed by atoms with Crippen molar-refractivity contribution in [2.24, 2.45) is 45.9 Å². The molecule has 6 unspecified atom stereocenters. The Morgan fingerprint density at radius 2 is 0.204 bits per heavy atom. The van der Waals surface area contributed by atoms with Crippen molar-refractivity contribution in [3.05, 3.63) is 0 Å². The molecule has 0 aliphatic carbocycles. The molecule has 16 N–H and O–H groups in total. The van der Waals surface area contributed by atoms with Crippen molar-refractivity contribution in [2.75, 3.05) is 396 Å². The summed E-state index contributed by atoms with van der Waals surface area (Å²) in [5.74, 6) is 0. The highest BCUT2D eigenvalue weighted by Crippen LogP contribution is 2.08. The maximum Gasteiger partial charge on any atom is 0.104 e. The molecule has 0 bridgehead atoms. The third kappa shape index (κ3) is 79.9. The third-order valence-electron chi connectivity index (χ3n) is 12.9. The average molecular weight is 1510 g/mol. The minimum Gasteiger partial charge on any atom is -0.378 e. The summed E-state index contributed by atoms with van der Waals surface area (Å²) < 4.78 is 170. The van der Waals surface area contributed by atoms with Gasteiger partial charge in [0.2, 0.25) is 0 Å². The van der Waals surface area contributed by atoms with Crippen molar-refractivity contribution in [1.29, 1.82) is 0 Å². The molecule has 0 saturated heterocycles. The van der Waals surface area contributed by atoms with Gasteiger partial charge in [0.25, 0.3) is 0 Å². The molecular weight excluding hydrogens is 1370 g/mol. The molecule has 0 aromatic rings. The zero-order valence-corrected chi connectivity index (χ0v) is 62.3. The number of hydrogen-bond donors (Lipinski definition) is 8. The predicted octanol–water partition coefficient (Wildman–Crippen LogP) is -4.65. The molecule has 0 spiro atoms. The van der Waals surface area contributed by atoms with Gasteiger partial charge in [0.1, 0.15) is 36.6 Å². The monoisotopic (exact) mass is 1510 g/mol. The molecule has 37 nitrogen and oxygen atoms in total. The molecule has 0 radical (unpaired) electrons. The average Bonchev–Trinajstić information content (AvgIpc) is 1.86. The molecular formula is C66H142N8O29. The van der Waals surface area contributed by atoms with Crippen LogP contribution in [0.25, 0.3) is 0 Å². The van der Waals surface area contributed by atoms with Crippen LogP contribution >= 0.6 is 0 Å². The topological polar surface area (TPSA) is 476 Å². The first-order chi connectivity index (χ1) is 51.0. The molecule has 0 rings (SSSR count). The van der Waals surface area contributed by atoms with Gasteiger partial charge in [-0.2, -0.15) is 0 Å². The van der Waals surface area contributed by atoms with Crippen LogP contribution in [-0.4, -0.2) is 433 Å². The van der Waals surface area contributed by atoms with Crippen LogP contribution in [0.2, 0.25) is 0 Å². The fraction of sp³-hybridized carbons (Fsp3) is 1.00. The van der Waals surface area contributed by atoms with E-state index in [9.17, 15) is 0 Å². The third-order valence-corrected chi connectivity index (χ3v) is 12.9. The lowest BCUT2D eigenvalue weighted by atomic mass is 10.3. The SMILES string of the molecule is NCCOCCOCCOCC(COCC(COCC(COCC(COCC(COCC(COCCOCCOCCN)OCCOCCOCCN)OCCOCCOCCN)OCCOCCOCCN)OCCOCCOCCN)OCCOCCOCCN)OCCOCCOCCN. The minimum absolute atomic E-state index is 0.101. The first-order valence-corrected chi connectivity index (χ1v) is 36.6. The van der Waals surface area contributed by atoms with Crippen LogP contribution in [0.4, 0.5) is 0 Å². The Hall–Kier alpha value is -1.48. The van der Waals surface area contributed by atoms with Crippen molar-refractivity contribution in [3.8, 4) is 0 Å². The Bertz CT molecular complexity index is 1460.